The minimum Gasteiger partial charge on any atom is -0.390 e. The maximum Gasteiger partial charge on any atom is 0.193 e. The van der Waals surface area contributed by atoms with E-state index in [1.165, 1.54) is 6.08 Å². The van der Waals surface area contributed by atoms with E-state index in [2.05, 4.69) is 0 Å². The topological polar surface area (TPSA) is 93.1 Å². The predicted octanol–water partition coefficient (Wildman–Crippen LogP) is 2.42. The Morgan fingerprint density at radius 1 is 1.26 bits per heavy atom. The Morgan fingerprint density at radius 3 is 2.65 bits per heavy atom. The molecule has 0 amide bonds. The Hall–Kier alpha value is -1.41. The molecule has 2 saturated carbocycles. The summed E-state index contributed by atoms with van der Waals surface area (Å²) in [7, 11) is 0. The molecule has 8 atom stereocenters. The molecule has 1 aliphatic heterocycles. The van der Waals surface area contributed by atoms with Gasteiger partial charge in [-0.25, -0.2) is 4.39 Å². The van der Waals surface area contributed by atoms with Gasteiger partial charge in [0.1, 0.15) is 6.61 Å². The molecule has 4 aliphatic carbocycles. The van der Waals surface area contributed by atoms with Crippen LogP contribution in [0.25, 0.3) is 0 Å². The van der Waals surface area contributed by atoms with E-state index in [4.69, 9.17) is 9.47 Å². The van der Waals surface area contributed by atoms with Gasteiger partial charge in [0.05, 0.1) is 12.2 Å². The number of halogens is 1. The molecule has 2 N–H and O–H groups in total. The van der Waals surface area contributed by atoms with E-state index in [1.807, 2.05) is 13.0 Å². The van der Waals surface area contributed by atoms with Crippen molar-refractivity contribution in [3.63, 3.8) is 0 Å². The number of hydrogen-bond donors (Lipinski definition) is 2. The molecule has 7 heteroatoms. The molecule has 1 saturated heterocycles. The number of alkyl halides is 1. The van der Waals surface area contributed by atoms with Crippen molar-refractivity contribution in [1.82, 2.24) is 0 Å². The molecule has 31 heavy (non-hydrogen) atoms. The number of aliphatic hydroxyl groups excluding tert-OH is 2. The van der Waals surface area contributed by atoms with Crippen molar-refractivity contribution in [2.45, 2.75) is 82.6 Å². The maximum atomic E-state index is 17.1. The van der Waals surface area contributed by atoms with Crippen LogP contribution in [0.2, 0.25) is 0 Å². The van der Waals surface area contributed by atoms with Crippen molar-refractivity contribution in [3.05, 3.63) is 23.8 Å². The first kappa shape index (κ1) is 21.4. The zero-order valence-corrected chi connectivity index (χ0v) is 18.5. The Balaban J connectivity index is 1.65. The molecule has 5 unspecified atom stereocenters. The third-order valence-corrected chi connectivity index (χ3v) is 9.16. The molecule has 0 aromatic heterocycles. The van der Waals surface area contributed by atoms with Crippen molar-refractivity contribution >= 4 is 11.6 Å². The molecule has 0 bridgehead atoms. The van der Waals surface area contributed by atoms with Gasteiger partial charge in [0.25, 0.3) is 0 Å². The van der Waals surface area contributed by atoms with Gasteiger partial charge in [-0.1, -0.05) is 24.6 Å². The quantitative estimate of drug-likeness (QED) is 0.649. The van der Waals surface area contributed by atoms with E-state index in [0.717, 1.165) is 5.57 Å². The first-order valence-electron chi connectivity index (χ1n) is 11.2. The van der Waals surface area contributed by atoms with Gasteiger partial charge in [0.15, 0.2) is 28.6 Å². The highest BCUT2D eigenvalue weighted by molar-refractivity contribution is 5.94. The van der Waals surface area contributed by atoms with E-state index in [-0.39, 0.29) is 24.5 Å². The summed E-state index contributed by atoms with van der Waals surface area (Å²) >= 11 is 0. The average molecular weight is 435 g/mol. The van der Waals surface area contributed by atoms with E-state index in [9.17, 15) is 19.8 Å². The summed E-state index contributed by atoms with van der Waals surface area (Å²) in [5, 5.41) is 21.2. The minimum atomic E-state index is -1.98. The van der Waals surface area contributed by atoms with Crippen molar-refractivity contribution in [2.24, 2.45) is 22.7 Å². The number of rotatable bonds is 2. The van der Waals surface area contributed by atoms with Gasteiger partial charge >= 0.3 is 0 Å². The van der Waals surface area contributed by atoms with E-state index >= 15 is 4.39 Å². The van der Waals surface area contributed by atoms with Crippen LogP contribution in [0, 0.1) is 22.7 Å². The number of aliphatic hydroxyl groups is 2. The number of ketones is 2. The smallest absolute Gasteiger partial charge is 0.193 e. The van der Waals surface area contributed by atoms with Crippen LogP contribution in [0.5, 0.6) is 0 Å². The second-order valence-corrected chi connectivity index (χ2v) is 10.9. The zero-order chi connectivity index (χ0) is 22.6. The van der Waals surface area contributed by atoms with Crippen LogP contribution < -0.4 is 0 Å². The molecular weight excluding hydrogens is 403 g/mol. The SMILES string of the molecule is CC1(C)OC2CC3C4CC=C5CC(=O)C=C[C@]5(C)C4(F)[C@@H](O)C[C@]3(C)C2(C(=O)CO)O1. The molecule has 3 fully saturated rings. The van der Waals surface area contributed by atoms with Gasteiger partial charge in [-0.2, -0.15) is 0 Å². The second-order valence-electron chi connectivity index (χ2n) is 10.9. The van der Waals surface area contributed by atoms with E-state index in [0.29, 0.717) is 12.8 Å². The molecule has 170 valence electrons. The number of allylic oxidation sites excluding steroid dienone is 4. The van der Waals surface area contributed by atoms with E-state index < -0.39 is 58.4 Å². The van der Waals surface area contributed by atoms with Crippen LogP contribution in [-0.4, -0.2) is 57.7 Å². The Morgan fingerprint density at radius 2 is 1.97 bits per heavy atom. The van der Waals surface area contributed by atoms with Gasteiger partial charge in [-0.05, 0) is 52.0 Å². The summed E-state index contributed by atoms with van der Waals surface area (Å²) < 4.78 is 29.5. The number of carbonyl (C=O) groups is 2. The summed E-state index contributed by atoms with van der Waals surface area (Å²) in [4.78, 5) is 25.1. The summed E-state index contributed by atoms with van der Waals surface area (Å²) in [5.74, 6) is -2.42. The van der Waals surface area contributed by atoms with Crippen LogP contribution in [0.4, 0.5) is 4.39 Å². The van der Waals surface area contributed by atoms with Crippen molar-refractivity contribution in [2.75, 3.05) is 6.61 Å². The van der Waals surface area contributed by atoms with Gasteiger partial charge in [0.2, 0.25) is 0 Å². The molecule has 0 aromatic carbocycles. The van der Waals surface area contributed by atoms with Gasteiger partial charge in [-0.15, -0.1) is 0 Å². The predicted molar refractivity (Wildman–Crippen MR) is 109 cm³/mol. The third kappa shape index (κ3) is 2.31. The van der Waals surface area contributed by atoms with Crippen molar-refractivity contribution in [1.29, 1.82) is 0 Å². The van der Waals surface area contributed by atoms with Gasteiger partial charge in [0, 0.05) is 23.2 Å². The minimum absolute atomic E-state index is 0.0109. The summed E-state index contributed by atoms with van der Waals surface area (Å²) in [6.07, 6.45) is 3.97. The largest absolute Gasteiger partial charge is 0.390 e. The fourth-order valence-electron chi connectivity index (χ4n) is 7.83. The zero-order valence-electron chi connectivity index (χ0n) is 18.5. The third-order valence-electron chi connectivity index (χ3n) is 9.16. The number of ether oxygens (including phenoxy) is 2. The van der Waals surface area contributed by atoms with Crippen LogP contribution in [0.3, 0.4) is 0 Å². The lowest BCUT2D eigenvalue weighted by atomic mass is 9.45. The Labute approximate surface area is 181 Å². The number of hydrogen-bond acceptors (Lipinski definition) is 6. The van der Waals surface area contributed by atoms with Crippen LogP contribution >= 0.6 is 0 Å². The summed E-state index contributed by atoms with van der Waals surface area (Å²) in [5.41, 5.74) is -4.68. The van der Waals surface area contributed by atoms with Crippen LogP contribution in [0.1, 0.15) is 53.4 Å². The normalized spacial score (nSPS) is 52.1. The summed E-state index contributed by atoms with van der Waals surface area (Å²) in [6, 6.07) is 0. The lowest BCUT2D eigenvalue weighted by molar-refractivity contribution is -0.243. The van der Waals surface area contributed by atoms with Gasteiger partial charge in [-0.3, -0.25) is 9.59 Å². The number of carbonyl (C=O) groups excluding carboxylic acids is 2. The Bertz CT molecular complexity index is 925. The lowest BCUT2D eigenvalue weighted by Gasteiger charge is -2.62. The molecule has 5 aliphatic rings. The second kappa shape index (κ2) is 6.13. The molecule has 5 rings (SSSR count). The molecule has 1 heterocycles. The van der Waals surface area contributed by atoms with Crippen molar-refractivity contribution in [3.8, 4) is 0 Å². The highest BCUT2D eigenvalue weighted by Gasteiger charge is 2.79. The van der Waals surface area contributed by atoms with Gasteiger partial charge < -0.3 is 19.7 Å². The van der Waals surface area contributed by atoms with Crippen LogP contribution in [-0.2, 0) is 19.1 Å². The highest BCUT2D eigenvalue weighted by Crippen LogP contribution is 2.71. The fraction of sp³-hybridized carbons (Fsp3) is 0.750. The Kier molecular flexibility index (Phi) is 4.24. The fourth-order valence-corrected chi connectivity index (χ4v) is 7.83. The highest BCUT2D eigenvalue weighted by atomic mass is 19.1. The molecular formula is C24H31FO6. The summed E-state index contributed by atoms with van der Waals surface area (Å²) in [6.45, 7) is 6.40. The van der Waals surface area contributed by atoms with E-state index in [1.54, 1.807) is 26.8 Å². The lowest BCUT2D eigenvalue weighted by Crippen LogP contribution is -2.69. The maximum absolute atomic E-state index is 17.1. The molecule has 0 spiro atoms. The molecule has 0 aromatic rings. The van der Waals surface area contributed by atoms with Crippen molar-refractivity contribution < 1.29 is 33.7 Å². The van der Waals surface area contributed by atoms with Crippen LogP contribution in [0.15, 0.2) is 23.8 Å². The monoisotopic (exact) mass is 434 g/mol. The first-order chi connectivity index (χ1) is 14.4. The number of Topliss-reactive ketones (excluding diaryl/α,β-unsaturated/α-hetero) is 1. The standard InChI is InChI=1S/C24H31FO6/c1-20(2)30-19-10-16-15-6-5-13-9-14(27)7-8-21(13,3)23(15,25)17(28)11-22(16,4)24(19,31-20)18(29)12-26/h5,7-8,15-17,19,26,28H,6,9-12H2,1-4H3/t15?,16?,17-,19?,21-,22-,23?,24?/m0/s1. The first-order valence-corrected chi connectivity index (χ1v) is 11.2. The number of fused-ring (bicyclic) bond motifs is 7. The average Bonchev–Trinajstić information content (AvgIpc) is 3.09. The molecule has 0 radical (unpaired) electrons. The molecule has 6 nitrogen and oxygen atoms in total.